The molecule has 0 aliphatic carbocycles. The van der Waals surface area contributed by atoms with E-state index in [4.69, 9.17) is 0 Å². The maximum atomic E-state index is 12.5. The molecule has 114 valence electrons. The standard InChI is InChI=1S/C17H18N2O2S/c20-16-5-1-4-15-13-7-12(10-19(15)16)9-18(11-13)17(21)8-14-3-2-6-22-14/h1-6,12-13H,7-11H2/t12-,13+/m1/s1. The van der Waals surface area contributed by atoms with Gasteiger partial charge in [-0.05, 0) is 29.9 Å². The molecule has 2 aromatic heterocycles. The van der Waals surface area contributed by atoms with Crippen molar-refractivity contribution in [2.45, 2.75) is 25.3 Å². The van der Waals surface area contributed by atoms with Crippen molar-refractivity contribution in [2.75, 3.05) is 13.1 Å². The lowest BCUT2D eigenvalue weighted by atomic mass is 9.83. The van der Waals surface area contributed by atoms with E-state index in [0.717, 1.165) is 36.6 Å². The van der Waals surface area contributed by atoms with Crippen LogP contribution >= 0.6 is 11.3 Å². The second-order valence-electron chi connectivity index (χ2n) is 6.25. The lowest BCUT2D eigenvalue weighted by molar-refractivity contribution is -0.133. The first-order valence-electron chi connectivity index (χ1n) is 7.70. The Labute approximate surface area is 133 Å². The van der Waals surface area contributed by atoms with E-state index in [-0.39, 0.29) is 11.5 Å². The summed E-state index contributed by atoms with van der Waals surface area (Å²) in [5.41, 5.74) is 1.18. The molecule has 4 heterocycles. The minimum absolute atomic E-state index is 0.0885. The van der Waals surface area contributed by atoms with Crippen molar-refractivity contribution in [3.63, 3.8) is 0 Å². The molecule has 0 N–H and O–H groups in total. The Balaban J connectivity index is 1.56. The molecule has 0 unspecified atom stereocenters. The second-order valence-corrected chi connectivity index (χ2v) is 7.29. The van der Waals surface area contributed by atoms with Crippen molar-refractivity contribution in [1.29, 1.82) is 0 Å². The summed E-state index contributed by atoms with van der Waals surface area (Å²) >= 11 is 1.63. The van der Waals surface area contributed by atoms with Gasteiger partial charge < -0.3 is 9.47 Å². The third kappa shape index (κ3) is 2.39. The van der Waals surface area contributed by atoms with Crippen molar-refractivity contribution in [3.8, 4) is 0 Å². The smallest absolute Gasteiger partial charge is 0.250 e. The molecule has 0 spiro atoms. The highest BCUT2D eigenvalue weighted by Gasteiger charge is 2.36. The van der Waals surface area contributed by atoms with Gasteiger partial charge in [-0.2, -0.15) is 0 Å². The Bertz CT molecular complexity index is 750. The first-order valence-corrected chi connectivity index (χ1v) is 8.58. The number of nitrogens with zero attached hydrogens (tertiary/aromatic N) is 2. The number of carbonyl (C=O) groups excluding carboxylic acids is 1. The van der Waals surface area contributed by atoms with Crippen LogP contribution in [0.25, 0.3) is 0 Å². The summed E-state index contributed by atoms with van der Waals surface area (Å²) in [6.07, 6.45) is 1.59. The number of carbonyl (C=O) groups is 1. The largest absolute Gasteiger partial charge is 0.341 e. The number of hydrogen-bond acceptors (Lipinski definition) is 3. The van der Waals surface area contributed by atoms with Crippen molar-refractivity contribution in [2.24, 2.45) is 5.92 Å². The highest BCUT2D eigenvalue weighted by Crippen LogP contribution is 2.35. The molecular formula is C17H18N2O2S. The molecule has 2 bridgehead atoms. The van der Waals surface area contributed by atoms with Crippen LogP contribution in [0.2, 0.25) is 0 Å². The van der Waals surface area contributed by atoms with E-state index in [9.17, 15) is 9.59 Å². The minimum Gasteiger partial charge on any atom is -0.341 e. The highest BCUT2D eigenvalue weighted by molar-refractivity contribution is 7.10. The average Bonchev–Trinajstić information content (AvgIpc) is 3.01. The maximum absolute atomic E-state index is 12.5. The summed E-state index contributed by atoms with van der Waals surface area (Å²) in [6, 6.07) is 9.50. The van der Waals surface area contributed by atoms with E-state index in [1.165, 1.54) is 0 Å². The first-order chi connectivity index (χ1) is 10.7. The summed E-state index contributed by atoms with van der Waals surface area (Å²) in [7, 11) is 0. The van der Waals surface area contributed by atoms with Crippen molar-refractivity contribution in [3.05, 3.63) is 56.6 Å². The van der Waals surface area contributed by atoms with Gasteiger partial charge in [0.05, 0.1) is 6.42 Å². The fourth-order valence-corrected chi connectivity index (χ4v) is 4.47. The normalized spacial score (nSPS) is 23.2. The topological polar surface area (TPSA) is 42.3 Å². The van der Waals surface area contributed by atoms with Gasteiger partial charge in [0.25, 0.3) is 5.56 Å². The molecule has 0 aromatic carbocycles. The Kier molecular flexibility index (Phi) is 3.37. The van der Waals surface area contributed by atoms with E-state index >= 15 is 0 Å². The minimum atomic E-state index is 0.0885. The molecular weight excluding hydrogens is 296 g/mol. The molecule has 0 radical (unpaired) electrons. The van der Waals surface area contributed by atoms with Crippen LogP contribution in [0.4, 0.5) is 0 Å². The first kappa shape index (κ1) is 13.8. The van der Waals surface area contributed by atoms with E-state index in [1.807, 2.05) is 39.1 Å². The van der Waals surface area contributed by atoms with Gasteiger partial charge in [0.2, 0.25) is 5.91 Å². The van der Waals surface area contributed by atoms with Crippen molar-refractivity contribution in [1.82, 2.24) is 9.47 Å². The van der Waals surface area contributed by atoms with E-state index in [0.29, 0.717) is 18.3 Å². The molecule has 2 atom stereocenters. The summed E-state index contributed by atoms with van der Waals surface area (Å²) in [4.78, 5) is 27.7. The monoisotopic (exact) mass is 314 g/mol. The van der Waals surface area contributed by atoms with Gasteiger partial charge in [-0.3, -0.25) is 9.59 Å². The Morgan fingerprint density at radius 3 is 2.91 bits per heavy atom. The van der Waals surface area contributed by atoms with Crippen LogP contribution in [0.5, 0.6) is 0 Å². The molecule has 5 heteroatoms. The van der Waals surface area contributed by atoms with Crippen LogP contribution in [0.1, 0.15) is 22.9 Å². The molecule has 2 aliphatic rings. The van der Waals surface area contributed by atoms with Gasteiger partial charge in [0.15, 0.2) is 0 Å². The molecule has 4 nitrogen and oxygen atoms in total. The summed E-state index contributed by atoms with van der Waals surface area (Å²) in [6.45, 7) is 2.26. The number of rotatable bonds is 2. The quantitative estimate of drug-likeness (QED) is 0.852. The Hall–Kier alpha value is -1.88. The van der Waals surface area contributed by atoms with E-state index in [2.05, 4.69) is 0 Å². The van der Waals surface area contributed by atoms with E-state index in [1.54, 1.807) is 17.4 Å². The molecule has 1 saturated heterocycles. The predicted octanol–water partition coefficient (Wildman–Crippen LogP) is 2.10. The number of hydrogen-bond donors (Lipinski definition) is 0. The second kappa shape index (κ2) is 5.39. The molecule has 1 amide bonds. The average molecular weight is 314 g/mol. The molecule has 4 rings (SSSR count). The Morgan fingerprint density at radius 1 is 1.18 bits per heavy atom. The van der Waals surface area contributed by atoms with Crippen LogP contribution in [0, 0.1) is 5.92 Å². The number of fused-ring (bicyclic) bond motifs is 4. The third-order valence-electron chi connectivity index (χ3n) is 4.74. The van der Waals surface area contributed by atoms with Gasteiger partial charge in [-0.25, -0.2) is 0 Å². The number of amides is 1. The van der Waals surface area contributed by atoms with Gasteiger partial charge in [-0.1, -0.05) is 12.1 Å². The molecule has 2 aliphatic heterocycles. The predicted molar refractivity (Wildman–Crippen MR) is 86.2 cm³/mol. The van der Waals surface area contributed by atoms with Crippen LogP contribution in [-0.4, -0.2) is 28.5 Å². The lowest BCUT2D eigenvalue weighted by Gasteiger charge is -2.42. The van der Waals surface area contributed by atoms with Crippen molar-refractivity contribution < 1.29 is 4.79 Å². The molecule has 22 heavy (non-hydrogen) atoms. The number of piperidine rings is 1. The van der Waals surface area contributed by atoms with Crippen LogP contribution < -0.4 is 5.56 Å². The van der Waals surface area contributed by atoms with Crippen LogP contribution in [0.3, 0.4) is 0 Å². The zero-order valence-electron chi connectivity index (χ0n) is 12.3. The number of likely N-dealkylation sites (tertiary alicyclic amines) is 1. The maximum Gasteiger partial charge on any atom is 0.250 e. The van der Waals surface area contributed by atoms with Gasteiger partial charge >= 0.3 is 0 Å². The van der Waals surface area contributed by atoms with Crippen LogP contribution in [0.15, 0.2) is 40.5 Å². The number of thiophene rings is 1. The van der Waals surface area contributed by atoms with Gasteiger partial charge in [-0.15, -0.1) is 11.3 Å². The Morgan fingerprint density at radius 2 is 2.09 bits per heavy atom. The zero-order chi connectivity index (χ0) is 15.1. The number of pyridine rings is 1. The third-order valence-corrected chi connectivity index (χ3v) is 5.61. The van der Waals surface area contributed by atoms with E-state index < -0.39 is 0 Å². The SMILES string of the molecule is O=C(Cc1cccs1)N1C[C@H]2C[C@@H](C1)c1cccc(=O)n1C2. The fourth-order valence-electron chi connectivity index (χ4n) is 3.77. The van der Waals surface area contributed by atoms with Gasteiger partial charge in [0, 0.05) is 42.2 Å². The lowest BCUT2D eigenvalue weighted by Crippen LogP contribution is -2.49. The van der Waals surface area contributed by atoms with Crippen LogP contribution in [-0.2, 0) is 17.8 Å². The summed E-state index contributed by atoms with van der Waals surface area (Å²) in [5.74, 6) is 0.913. The molecule has 1 fully saturated rings. The highest BCUT2D eigenvalue weighted by atomic mass is 32.1. The van der Waals surface area contributed by atoms with Gasteiger partial charge in [0.1, 0.15) is 0 Å². The summed E-state index contributed by atoms with van der Waals surface area (Å²) in [5, 5.41) is 2.01. The van der Waals surface area contributed by atoms with Crippen molar-refractivity contribution >= 4 is 17.2 Å². The number of aromatic nitrogens is 1. The zero-order valence-corrected chi connectivity index (χ0v) is 13.1. The molecule has 0 saturated carbocycles. The summed E-state index contributed by atoms with van der Waals surface area (Å²) < 4.78 is 1.90. The fraction of sp³-hybridized carbons (Fsp3) is 0.412. The molecule has 2 aromatic rings.